The maximum atomic E-state index is 12.2. The molecule has 2 unspecified atom stereocenters. The second-order valence-corrected chi connectivity index (χ2v) is 4.73. The van der Waals surface area contributed by atoms with Gasteiger partial charge >= 0.3 is 0 Å². The van der Waals surface area contributed by atoms with Crippen molar-refractivity contribution in [2.45, 2.75) is 12.5 Å². The van der Waals surface area contributed by atoms with E-state index < -0.39 is 23.3 Å². The number of carbonyl (C=O) groups is 2. The number of hydrogen-bond donors (Lipinski definition) is 2. The lowest BCUT2D eigenvalue weighted by molar-refractivity contribution is -0.148. The molecule has 0 aliphatic carbocycles. The first kappa shape index (κ1) is 11.9. The number of amidine groups is 1. The number of hydrogen-bond acceptors (Lipinski definition) is 5. The predicted octanol–water partition coefficient (Wildman–Crippen LogP) is -0.204. The Morgan fingerprint density at radius 2 is 2.16 bits per heavy atom. The number of nitrogens with zero attached hydrogens (tertiary/aromatic N) is 2. The third-order valence-corrected chi connectivity index (χ3v) is 3.52. The quantitative estimate of drug-likeness (QED) is 0.731. The smallest absolute Gasteiger partial charge is 0.262 e. The lowest BCUT2D eigenvalue weighted by Gasteiger charge is -2.26. The normalized spacial score (nSPS) is 28.9. The minimum Gasteiger partial charge on any atom is -0.382 e. The minimum absolute atomic E-state index is 0.113. The predicted molar refractivity (Wildman–Crippen MR) is 66.8 cm³/mol. The van der Waals surface area contributed by atoms with Crippen LogP contribution in [0.3, 0.4) is 0 Å². The third-order valence-electron chi connectivity index (χ3n) is 3.52. The fraction of sp³-hybridized carbons (Fsp3) is 0.308. The van der Waals surface area contributed by atoms with Gasteiger partial charge in [-0.2, -0.15) is 5.01 Å². The van der Waals surface area contributed by atoms with Crippen LogP contribution in [0.15, 0.2) is 35.3 Å². The Morgan fingerprint density at radius 1 is 1.47 bits per heavy atom. The van der Waals surface area contributed by atoms with Crippen molar-refractivity contribution in [2.75, 3.05) is 6.54 Å². The zero-order chi connectivity index (χ0) is 13.6. The molecule has 1 saturated heterocycles. The highest BCUT2D eigenvalue weighted by Gasteiger charge is 2.56. The molecule has 2 aliphatic heterocycles. The van der Waals surface area contributed by atoms with E-state index in [1.54, 1.807) is 24.3 Å². The van der Waals surface area contributed by atoms with Crippen molar-refractivity contribution in [3.63, 3.8) is 0 Å². The molecule has 2 amide bonds. The number of aliphatic hydroxyl groups is 1. The van der Waals surface area contributed by atoms with Crippen LogP contribution in [0.4, 0.5) is 0 Å². The van der Waals surface area contributed by atoms with Gasteiger partial charge in [-0.1, -0.05) is 30.3 Å². The molecule has 1 fully saturated rings. The zero-order valence-electron chi connectivity index (χ0n) is 10.3. The van der Waals surface area contributed by atoms with E-state index in [0.29, 0.717) is 11.4 Å². The van der Waals surface area contributed by atoms with Crippen molar-refractivity contribution in [1.82, 2.24) is 10.4 Å². The van der Waals surface area contributed by atoms with Crippen LogP contribution in [-0.4, -0.2) is 34.3 Å². The highest BCUT2D eigenvalue weighted by molar-refractivity contribution is 6.15. The van der Waals surface area contributed by atoms with E-state index in [4.69, 9.17) is 0 Å². The number of amides is 2. The molecular weight excluding hydrogens is 246 g/mol. The first-order valence-electron chi connectivity index (χ1n) is 5.97. The van der Waals surface area contributed by atoms with Crippen LogP contribution in [0.1, 0.15) is 12.5 Å². The van der Waals surface area contributed by atoms with Crippen LogP contribution in [0, 0.1) is 5.92 Å². The summed E-state index contributed by atoms with van der Waals surface area (Å²) in [6.45, 7) is 1.40. The van der Waals surface area contributed by atoms with Gasteiger partial charge in [0.05, 0.1) is 6.54 Å². The number of fused-ring (bicyclic) bond motifs is 1. The molecule has 2 heterocycles. The summed E-state index contributed by atoms with van der Waals surface area (Å²) in [6.07, 6.45) is 0. The summed E-state index contributed by atoms with van der Waals surface area (Å²) in [4.78, 5) is 27.7. The van der Waals surface area contributed by atoms with Crippen molar-refractivity contribution >= 4 is 17.6 Å². The SMILES string of the molecule is CC(=O)N1NC2=NCC(O)(c3ccccc3)C2C1=O. The topological polar surface area (TPSA) is 82.0 Å². The summed E-state index contributed by atoms with van der Waals surface area (Å²) < 4.78 is 0. The van der Waals surface area contributed by atoms with Crippen LogP contribution in [0.5, 0.6) is 0 Å². The van der Waals surface area contributed by atoms with E-state index in [-0.39, 0.29) is 6.54 Å². The van der Waals surface area contributed by atoms with Crippen LogP contribution >= 0.6 is 0 Å². The van der Waals surface area contributed by atoms with Crippen molar-refractivity contribution in [3.8, 4) is 0 Å². The van der Waals surface area contributed by atoms with Gasteiger partial charge in [-0.15, -0.1) is 0 Å². The highest BCUT2D eigenvalue weighted by Crippen LogP contribution is 2.38. The van der Waals surface area contributed by atoms with Crippen LogP contribution in [0.2, 0.25) is 0 Å². The fourth-order valence-corrected chi connectivity index (χ4v) is 2.55. The summed E-state index contributed by atoms with van der Waals surface area (Å²) in [5.74, 6) is -1.36. The first-order chi connectivity index (χ1) is 9.04. The Hall–Kier alpha value is -2.21. The summed E-state index contributed by atoms with van der Waals surface area (Å²) in [7, 11) is 0. The number of benzene rings is 1. The molecule has 19 heavy (non-hydrogen) atoms. The molecule has 2 N–H and O–H groups in total. The Balaban J connectivity index is 2.01. The molecule has 1 aromatic carbocycles. The average molecular weight is 259 g/mol. The summed E-state index contributed by atoms with van der Waals surface area (Å²) in [5.41, 5.74) is 1.89. The molecule has 2 aliphatic rings. The van der Waals surface area contributed by atoms with Gasteiger partial charge in [0, 0.05) is 6.92 Å². The molecule has 1 aromatic rings. The van der Waals surface area contributed by atoms with Crippen LogP contribution < -0.4 is 5.43 Å². The van der Waals surface area contributed by atoms with Crippen molar-refractivity contribution in [2.24, 2.45) is 10.9 Å². The van der Waals surface area contributed by atoms with Gasteiger partial charge in [-0.05, 0) is 5.56 Å². The minimum atomic E-state index is -1.38. The molecule has 3 rings (SSSR count). The molecule has 0 radical (unpaired) electrons. The van der Waals surface area contributed by atoms with Gasteiger partial charge in [0.15, 0.2) is 0 Å². The van der Waals surface area contributed by atoms with Gasteiger partial charge in [0.1, 0.15) is 17.4 Å². The molecule has 6 nitrogen and oxygen atoms in total. The van der Waals surface area contributed by atoms with Crippen LogP contribution in [0.25, 0.3) is 0 Å². The number of rotatable bonds is 1. The standard InChI is InChI=1S/C13H13N3O3/c1-8(17)16-12(18)10-11(15-16)14-7-13(10,19)9-5-3-2-4-6-9/h2-6,10,19H,7H2,1H3,(H,14,15). The van der Waals surface area contributed by atoms with Crippen molar-refractivity contribution < 1.29 is 14.7 Å². The highest BCUT2D eigenvalue weighted by atomic mass is 16.3. The maximum Gasteiger partial charge on any atom is 0.262 e. The Bertz CT molecular complexity index is 584. The molecule has 2 atom stereocenters. The Morgan fingerprint density at radius 3 is 2.79 bits per heavy atom. The summed E-state index contributed by atoms with van der Waals surface area (Å²) in [5, 5.41) is 11.7. The van der Waals surface area contributed by atoms with Gasteiger partial charge < -0.3 is 5.11 Å². The second-order valence-electron chi connectivity index (χ2n) is 4.73. The zero-order valence-corrected chi connectivity index (χ0v) is 10.3. The van der Waals surface area contributed by atoms with Crippen molar-refractivity contribution in [3.05, 3.63) is 35.9 Å². The van der Waals surface area contributed by atoms with Gasteiger partial charge in [-0.25, -0.2) is 0 Å². The molecule has 0 aromatic heterocycles. The summed E-state index contributed by atoms with van der Waals surface area (Å²) >= 11 is 0. The Labute approximate surface area is 109 Å². The van der Waals surface area contributed by atoms with Gasteiger partial charge in [0.25, 0.3) is 5.91 Å². The summed E-state index contributed by atoms with van der Waals surface area (Å²) in [6, 6.07) is 8.92. The molecule has 0 saturated carbocycles. The third kappa shape index (κ3) is 1.57. The van der Waals surface area contributed by atoms with Gasteiger partial charge in [0.2, 0.25) is 5.91 Å². The first-order valence-corrected chi connectivity index (χ1v) is 5.97. The number of carbonyl (C=O) groups excluding carboxylic acids is 2. The van der Waals surface area contributed by atoms with Crippen molar-refractivity contribution in [1.29, 1.82) is 0 Å². The van der Waals surface area contributed by atoms with E-state index in [2.05, 4.69) is 10.4 Å². The maximum absolute atomic E-state index is 12.2. The number of imide groups is 1. The van der Waals surface area contributed by atoms with Gasteiger partial charge in [-0.3, -0.25) is 20.0 Å². The van der Waals surface area contributed by atoms with Crippen LogP contribution in [-0.2, 0) is 15.2 Å². The molecule has 6 heteroatoms. The Kier molecular flexibility index (Phi) is 2.43. The number of nitrogens with one attached hydrogen (secondary N) is 1. The number of hydrazine groups is 1. The molecule has 0 bridgehead atoms. The second kappa shape index (κ2) is 3.89. The average Bonchev–Trinajstić information content (AvgIpc) is 2.91. The monoisotopic (exact) mass is 259 g/mol. The molecule has 0 spiro atoms. The lowest BCUT2D eigenvalue weighted by Crippen LogP contribution is -2.43. The van der Waals surface area contributed by atoms with E-state index in [9.17, 15) is 14.7 Å². The number of aliphatic imine (C=N–C) groups is 1. The largest absolute Gasteiger partial charge is 0.382 e. The van der Waals surface area contributed by atoms with E-state index in [1.807, 2.05) is 6.07 Å². The fourth-order valence-electron chi connectivity index (χ4n) is 2.55. The molecule has 98 valence electrons. The molecular formula is C13H13N3O3. The van der Waals surface area contributed by atoms with E-state index >= 15 is 0 Å². The lowest BCUT2D eigenvalue weighted by atomic mass is 9.82. The van der Waals surface area contributed by atoms with E-state index in [1.165, 1.54) is 6.92 Å². The van der Waals surface area contributed by atoms with E-state index in [0.717, 1.165) is 5.01 Å².